The van der Waals surface area contributed by atoms with Gasteiger partial charge in [-0.05, 0) is 51.0 Å². The molecule has 5 heteroatoms. The molecule has 1 aromatic carbocycles. The first-order valence-corrected chi connectivity index (χ1v) is 6.78. The summed E-state index contributed by atoms with van der Waals surface area (Å²) in [6.45, 7) is 8.11. The van der Waals surface area contributed by atoms with Gasteiger partial charge in [0, 0.05) is 17.6 Å². The third-order valence-electron chi connectivity index (χ3n) is 2.51. The SMILES string of the molecule is CC(=CCl)COc1c(F)cc(CNC(C)(C)C)cc1F. The van der Waals surface area contributed by atoms with Gasteiger partial charge in [0.25, 0.3) is 0 Å². The molecule has 0 fully saturated rings. The normalized spacial score (nSPS) is 12.7. The molecule has 20 heavy (non-hydrogen) atoms. The summed E-state index contributed by atoms with van der Waals surface area (Å²) in [5, 5.41) is 3.17. The van der Waals surface area contributed by atoms with Gasteiger partial charge in [0.2, 0.25) is 0 Å². The maximum Gasteiger partial charge on any atom is 0.191 e. The molecule has 0 aliphatic rings. The average molecular weight is 304 g/mol. The van der Waals surface area contributed by atoms with Gasteiger partial charge in [-0.15, -0.1) is 0 Å². The lowest BCUT2D eigenvalue weighted by Gasteiger charge is -2.20. The van der Waals surface area contributed by atoms with Crippen LogP contribution in [0.3, 0.4) is 0 Å². The molecule has 0 radical (unpaired) electrons. The zero-order chi connectivity index (χ0) is 15.3. The molecule has 0 aliphatic carbocycles. The highest BCUT2D eigenvalue weighted by Gasteiger charge is 2.14. The van der Waals surface area contributed by atoms with E-state index >= 15 is 0 Å². The molecule has 1 rings (SSSR count). The Labute approximate surface area is 123 Å². The number of rotatable bonds is 5. The Hall–Kier alpha value is -1.13. The summed E-state index contributed by atoms with van der Waals surface area (Å²) in [4.78, 5) is 0. The number of benzene rings is 1. The first-order valence-electron chi connectivity index (χ1n) is 6.34. The first-order chi connectivity index (χ1) is 9.23. The molecule has 0 spiro atoms. The molecule has 0 saturated carbocycles. The lowest BCUT2D eigenvalue weighted by atomic mass is 10.1. The second-order valence-corrected chi connectivity index (χ2v) is 5.95. The summed E-state index contributed by atoms with van der Waals surface area (Å²) in [5.41, 5.74) is 2.41. The minimum Gasteiger partial charge on any atom is -0.483 e. The molecule has 1 aromatic rings. The van der Waals surface area contributed by atoms with Crippen LogP contribution in [-0.4, -0.2) is 12.1 Å². The summed E-state index contributed by atoms with van der Waals surface area (Å²) < 4.78 is 32.8. The van der Waals surface area contributed by atoms with Crippen LogP contribution in [0, 0.1) is 11.6 Å². The topological polar surface area (TPSA) is 21.3 Å². The van der Waals surface area contributed by atoms with Crippen molar-refractivity contribution in [1.29, 1.82) is 0 Å². The highest BCUT2D eigenvalue weighted by Crippen LogP contribution is 2.24. The van der Waals surface area contributed by atoms with Crippen molar-refractivity contribution in [3.8, 4) is 5.75 Å². The van der Waals surface area contributed by atoms with Gasteiger partial charge in [-0.3, -0.25) is 0 Å². The third-order valence-corrected chi connectivity index (χ3v) is 2.88. The van der Waals surface area contributed by atoms with E-state index in [0.29, 0.717) is 17.7 Å². The van der Waals surface area contributed by atoms with E-state index in [0.717, 1.165) is 0 Å². The van der Waals surface area contributed by atoms with Crippen LogP contribution < -0.4 is 10.1 Å². The van der Waals surface area contributed by atoms with Crippen LogP contribution in [0.5, 0.6) is 5.75 Å². The number of halogens is 3. The van der Waals surface area contributed by atoms with Crippen molar-refractivity contribution >= 4 is 11.6 Å². The largest absolute Gasteiger partial charge is 0.483 e. The van der Waals surface area contributed by atoms with Gasteiger partial charge in [-0.1, -0.05) is 11.6 Å². The van der Waals surface area contributed by atoms with Crippen LogP contribution in [0.15, 0.2) is 23.2 Å². The highest BCUT2D eigenvalue weighted by atomic mass is 35.5. The monoisotopic (exact) mass is 303 g/mol. The fraction of sp³-hybridized carbons (Fsp3) is 0.467. The van der Waals surface area contributed by atoms with Crippen LogP contribution in [0.25, 0.3) is 0 Å². The quantitative estimate of drug-likeness (QED) is 0.872. The summed E-state index contributed by atoms with van der Waals surface area (Å²) in [6, 6.07) is 2.55. The van der Waals surface area contributed by atoms with Gasteiger partial charge in [0.15, 0.2) is 17.4 Å². The molecule has 0 aromatic heterocycles. The summed E-state index contributed by atoms with van der Waals surface area (Å²) in [7, 11) is 0. The number of hydrogen-bond acceptors (Lipinski definition) is 2. The Morgan fingerprint density at radius 3 is 2.30 bits per heavy atom. The third kappa shape index (κ3) is 5.47. The van der Waals surface area contributed by atoms with Crippen LogP contribution >= 0.6 is 11.6 Å². The molecule has 0 amide bonds. The van der Waals surface area contributed by atoms with E-state index < -0.39 is 11.6 Å². The molecule has 112 valence electrons. The van der Waals surface area contributed by atoms with E-state index in [9.17, 15) is 8.78 Å². The van der Waals surface area contributed by atoms with Crippen LogP contribution in [0.2, 0.25) is 0 Å². The molecule has 0 saturated heterocycles. The second kappa shape index (κ2) is 7.04. The Morgan fingerprint density at radius 1 is 1.30 bits per heavy atom. The number of hydrogen-bond donors (Lipinski definition) is 1. The smallest absolute Gasteiger partial charge is 0.191 e. The summed E-state index contributed by atoms with van der Waals surface area (Å²) in [6.07, 6.45) is 0. The zero-order valence-electron chi connectivity index (χ0n) is 12.2. The molecule has 0 heterocycles. The van der Waals surface area contributed by atoms with Crippen molar-refractivity contribution in [3.63, 3.8) is 0 Å². The zero-order valence-corrected chi connectivity index (χ0v) is 12.9. The van der Waals surface area contributed by atoms with E-state index in [2.05, 4.69) is 5.32 Å². The van der Waals surface area contributed by atoms with Crippen molar-refractivity contribution in [2.45, 2.75) is 39.8 Å². The minimum absolute atomic E-state index is 0.0525. The molecule has 0 bridgehead atoms. The van der Waals surface area contributed by atoms with E-state index in [1.165, 1.54) is 17.7 Å². The maximum absolute atomic E-state index is 13.8. The average Bonchev–Trinajstić information content (AvgIpc) is 2.34. The minimum atomic E-state index is -0.710. The van der Waals surface area contributed by atoms with Gasteiger partial charge in [0.1, 0.15) is 6.61 Å². The van der Waals surface area contributed by atoms with E-state index in [4.69, 9.17) is 16.3 Å². The van der Waals surface area contributed by atoms with Gasteiger partial charge in [-0.25, -0.2) is 8.78 Å². The predicted molar refractivity (Wildman–Crippen MR) is 78.1 cm³/mol. The standard InChI is InChI=1S/C15H20ClF2NO/c1-10(7-16)9-20-14-12(17)5-11(6-13(14)18)8-19-15(2,3)4/h5-7,19H,8-9H2,1-4H3. The van der Waals surface area contributed by atoms with Crippen molar-refractivity contribution in [2.75, 3.05) is 6.61 Å². The number of nitrogens with one attached hydrogen (secondary N) is 1. The molecule has 1 N–H and O–H groups in total. The lowest BCUT2D eigenvalue weighted by Crippen LogP contribution is -2.35. The molecular formula is C15H20ClF2NO. The van der Waals surface area contributed by atoms with Gasteiger partial charge in [0.05, 0.1) is 0 Å². The van der Waals surface area contributed by atoms with Crippen LogP contribution in [0.4, 0.5) is 8.78 Å². The second-order valence-electron chi connectivity index (χ2n) is 5.74. The molecule has 0 unspecified atom stereocenters. The molecule has 0 aliphatic heterocycles. The lowest BCUT2D eigenvalue weighted by molar-refractivity contribution is 0.312. The van der Waals surface area contributed by atoms with Gasteiger partial charge >= 0.3 is 0 Å². The van der Waals surface area contributed by atoms with E-state index in [-0.39, 0.29) is 17.9 Å². The van der Waals surface area contributed by atoms with Crippen molar-refractivity contribution < 1.29 is 13.5 Å². The van der Waals surface area contributed by atoms with E-state index in [1.807, 2.05) is 20.8 Å². The number of ether oxygens (including phenoxy) is 1. The fourth-order valence-corrected chi connectivity index (χ4v) is 1.50. The molecule has 0 atom stereocenters. The first kappa shape index (κ1) is 16.9. The van der Waals surface area contributed by atoms with Crippen molar-refractivity contribution in [2.24, 2.45) is 0 Å². The fourth-order valence-electron chi connectivity index (χ4n) is 1.44. The highest BCUT2D eigenvalue weighted by molar-refractivity contribution is 6.25. The molecular weight excluding hydrogens is 284 g/mol. The maximum atomic E-state index is 13.8. The Balaban J connectivity index is 2.81. The molecule has 2 nitrogen and oxygen atoms in total. The Morgan fingerprint density at radius 2 is 1.85 bits per heavy atom. The Kier molecular flexibility index (Phi) is 5.96. The van der Waals surface area contributed by atoms with E-state index in [1.54, 1.807) is 6.92 Å². The van der Waals surface area contributed by atoms with Crippen molar-refractivity contribution in [3.05, 3.63) is 40.4 Å². The van der Waals surface area contributed by atoms with Crippen LogP contribution in [-0.2, 0) is 6.54 Å². The predicted octanol–water partition coefficient (Wildman–Crippen LogP) is 4.37. The summed E-state index contributed by atoms with van der Waals surface area (Å²) in [5.74, 6) is -1.79. The summed E-state index contributed by atoms with van der Waals surface area (Å²) >= 11 is 5.47. The Bertz CT molecular complexity index is 472. The van der Waals surface area contributed by atoms with Crippen LogP contribution in [0.1, 0.15) is 33.3 Å². The van der Waals surface area contributed by atoms with Gasteiger partial charge in [-0.2, -0.15) is 0 Å². The van der Waals surface area contributed by atoms with Crippen molar-refractivity contribution in [1.82, 2.24) is 5.32 Å². The van der Waals surface area contributed by atoms with Gasteiger partial charge < -0.3 is 10.1 Å².